The normalized spacial score (nSPS) is 15.8. The minimum atomic E-state index is -1.48. The predicted octanol–water partition coefficient (Wildman–Crippen LogP) is -3.21. The summed E-state index contributed by atoms with van der Waals surface area (Å²) < 4.78 is 0. The molecule has 0 aromatic heterocycles. The molecule has 0 aliphatic rings. The number of aliphatic hydroxyl groups is 1. The van der Waals surface area contributed by atoms with Gasteiger partial charge in [-0.25, -0.2) is 4.79 Å². The van der Waals surface area contributed by atoms with Gasteiger partial charge in [-0.15, -0.1) is 0 Å². The van der Waals surface area contributed by atoms with E-state index in [0.717, 1.165) is 0 Å². The van der Waals surface area contributed by atoms with Gasteiger partial charge in [0.25, 0.3) is 0 Å². The van der Waals surface area contributed by atoms with Crippen LogP contribution < -0.4 is 27.4 Å². The van der Waals surface area contributed by atoms with Crippen molar-refractivity contribution in [3.8, 4) is 0 Å². The molecular formula is C16H29N5O7S2. The number of hydrogen-bond acceptors (Lipinski definition) is 9. The molecule has 0 spiro atoms. The van der Waals surface area contributed by atoms with Crippen molar-refractivity contribution in [1.29, 1.82) is 0 Å². The highest BCUT2D eigenvalue weighted by Gasteiger charge is 2.32. The van der Waals surface area contributed by atoms with Crippen LogP contribution in [0.15, 0.2) is 0 Å². The Bertz CT molecular complexity index is 635. The third kappa shape index (κ3) is 10.1. The zero-order valence-corrected chi connectivity index (χ0v) is 18.4. The molecule has 14 heteroatoms. The Balaban J connectivity index is 5.14. The monoisotopic (exact) mass is 467 g/mol. The van der Waals surface area contributed by atoms with Crippen LogP contribution in [0.4, 0.5) is 0 Å². The van der Waals surface area contributed by atoms with Gasteiger partial charge >= 0.3 is 5.97 Å². The predicted molar refractivity (Wildman–Crippen MR) is 114 cm³/mol. The smallest absolute Gasteiger partial charge is 0.326 e. The van der Waals surface area contributed by atoms with Gasteiger partial charge in [-0.2, -0.15) is 24.4 Å². The molecule has 0 bridgehead atoms. The molecule has 5 unspecified atom stereocenters. The van der Waals surface area contributed by atoms with E-state index in [1.54, 1.807) is 6.26 Å². The standard InChI is InChI=1S/C16H29N5O7S2/c1-7(22)12(15(26)19-9(16(27)28)3-4-30-2)21-14(25)10(6-29)20-13(24)8(17)5-11(18)23/h7-10,12,22,29H,3-6,17H2,1-2H3,(H2,18,23)(H,19,26)(H,20,24)(H,21,25)(H,27,28). The molecule has 0 radical (unpaired) electrons. The molecule has 12 nitrogen and oxygen atoms in total. The van der Waals surface area contributed by atoms with Gasteiger partial charge in [-0.3, -0.25) is 19.2 Å². The third-order valence-corrected chi connectivity index (χ3v) is 4.87. The maximum atomic E-state index is 12.4. The number of aliphatic hydroxyl groups excluding tert-OH is 1. The van der Waals surface area contributed by atoms with E-state index in [9.17, 15) is 34.2 Å². The number of hydrogen-bond donors (Lipinski definition) is 8. The molecule has 172 valence electrons. The first-order chi connectivity index (χ1) is 13.9. The van der Waals surface area contributed by atoms with Crippen molar-refractivity contribution in [2.24, 2.45) is 11.5 Å². The maximum absolute atomic E-state index is 12.4. The summed E-state index contributed by atoms with van der Waals surface area (Å²) in [6.07, 6.45) is 0.131. The summed E-state index contributed by atoms with van der Waals surface area (Å²) in [6.45, 7) is 1.24. The maximum Gasteiger partial charge on any atom is 0.326 e. The summed E-state index contributed by atoms with van der Waals surface area (Å²) in [7, 11) is 0. The van der Waals surface area contributed by atoms with E-state index < -0.39 is 66.3 Å². The molecule has 0 saturated carbocycles. The summed E-state index contributed by atoms with van der Waals surface area (Å²) in [5, 5.41) is 25.9. The molecule has 9 N–H and O–H groups in total. The summed E-state index contributed by atoms with van der Waals surface area (Å²) in [6, 6.07) is -5.19. The number of amides is 4. The minimum Gasteiger partial charge on any atom is -0.480 e. The zero-order chi connectivity index (χ0) is 23.4. The van der Waals surface area contributed by atoms with E-state index in [1.165, 1.54) is 18.7 Å². The number of nitrogens with two attached hydrogens (primary N) is 2. The van der Waals surface area contributed by atoms with Crippen LogP contribution in [-0.2, 0) is 24.0 Å². The lowest BCUT2D eigenvalue weighted by Crippen LogP contribution is -2.60. The van der Waals surface area contributed by atoms with Crippen molar-refractivity contribution < 1.29 is 34.2 Å². The van der Waals surface area contributed by atoms with Crippen molar-refractivity contribution in [3.05, 3.63) is 0 Å². The Morgan fingerprint density at radius 1 is 1.03 bits per heavy atom. The Kier molecular flexibility index (Phi) is 13.1. The molecule has 0 rings (SSSR count). The van der Waals surface area contributed by atoms with E-state index in [-0.39, 0.29) is 12.2 Å². The molecular weight excluding hydrogens is 438 g/mol. The number of thioether (sulfide) groups is 1. The lowest BCUT2D eigenvalue weighted by atomic mass is 10.1. The number of nitrogens with one attached hydrogen (secondary N) is 3. The zero-order valence-electron chi connectivity index (χ0n) is 16.7. The number of rotatable bonds is 14. The number of carbonyl (C=O) groups excluding carboxylic acids is 4. The molecule has 5 atom stereocenters. The SMILES string of the molecule is CSCCC(NC(=O)C(NC(=O)C(CS)NC(=O)C(N)CC(N)=O)C(C)O)C(=O)O. The van der Waals surface area contributed by atoms with Gasteiger partial charge in [0.15, 0.2) is 0 Å². The van der Waals surface area contributed by atoms with Crippen molar-refractivity contribution in [2.75, 3.05) is 17.8 Å². The second kappa shape index (κ2) is 14.1. The average molecular weight is 468 g/mol. The largest absolute Gasteiger partial charge is 0.480 e. The highest BCUT2D eigenvalue weighted by Crippen LogP contribution is 2.04. The first kappa shape index (κ1) is 28.0. The summed E-state index contributed by atoms with van der Waals surface area (Å²) in [5.41, 5.74) is 10.5. The molecule has 0 aromatic carbocycles. The van der Waals surface area contributed by atoms with Gasteiger partial charge < -0.3 is 37.6 Å². The first-order valence-electron chi connectivity index (χ1n) is 8.90. The van der Waals surface area contributed by atoms with E-state index in [0.29, 0.717) is 5.75 Å². The Hall–Kier alpha value is -2.03. The number of carboxylic acids is 1. The highest BCUT2D eigenvalue weighted by atomic mass is 32.2. The molecule has 4 amide bonds. The third-order valence-electron chi connectivity index (χ3n) is 3.86. The van der Waals surface area contributed by atoms with Crippen LogP contribution in [0.1, 0.15) is 19.8 Å². The van der Waals surface area contributed by atoms with Crippen molar-refractivity contribution in [3.63, 3.8) is 0 Å². The lowest BCUT2D eigenvalue weighted by Gasteiger charge is -2.26. The average Bonchev–Trinajstić information content (AvgIpc) is 2.65. The number of carbonyl (C=O) groups is 5. The molecule has 0 aliphatic carbocycles. The second-order valence-electron chi connectivity index (χ2n) is 6.43. The summed E-state index contributed by atoms with van der Waals surface area (Å²) in [4.78, 5) is 59.0. The molecule has 0 heterocycles. The van der Waals surface area contributed by atoms with Crippen LogP contribution in [0.3, 0.4) is 0 Å². The second-order valence-corrected chi connectivity index (χ2v) is 7.78. The molecule has 0 aliphatic heterocycles. The van der Waals surface area contributed by atoms with Gasteiger partial charge in [0.1, 0.15) is 18.1 Å². The Morgan fingerprint density at radius 2 is 1.60 bits per heavy atom. The highest BCUT2D eigenvalue weighted by molar-refractivity contribution is 7.98. The Labute approximate surface area is 183 Å². The Morgan fingerprint density at radius 3 is 2.03 bits per heavy atom. The number of thiol groups is 1. The summed E-state index contributed by atoms with van der Waals surface area (Å²) in [5.74, 6) is -4.35. The van der Waals surface area contributed by atoms with Crippen molar-refractivity contribution in [1.82, 2.24) is 16.0 Å². The van der Waals surface area contributed by atoms with Crippen LogP contribution in [0.2, 0.25) is 0 Å². The number of primary amides is 1. The van der Waals surface area contributed by atoms with Crippen LogP contribution in [0, 0.1) is 0 Å². The fourth-order valence-electron chi connectivity index (χ4n) is 2.20. The van der Waals surface area contributed by atoms with Gasteiger partial charge in [0.05, 0.1) is 18.6 Å². The van der Waals surface area contributed by atoms with Gasteiger partial charge in [0.2, 0.25) is 23.6 Å². The van der Waals surface area contributed by atoms with Gasteiger partial charge in [0, 0.05) is 5.75 Å². The minimum absolute atomic E-state index is 0.149. The van der Waals surface area contributed by atoms with Crippen molar-refractivity contribution in [2.45, 2.75) is 50.0 Å². The van der Waals surface area contributed by atoms with Crippen molar-refractivity contribution >= 4 is 54.0 Å². The first-order valence-corrected chi connectivity index (χ1v) is 10.9. The lowest BCUT2D eigenvalue weighted by molar-refractivity contribution is -0.143. The number of carboxylic acid groups (broad SMARTS) is 1. The molecule has 30 heavy (non-hydrogen) atoms. The fraction of sp³-hybridized carbons (Fsp3) is 0.688. The van der Waals surface area contributed by atoms with E-state index in [4.69, 9.17) is 11.5 Å². The topological polar surface area (TPSA) is 214 Å². The van der Waals surface area contributed by atoms with Gasteiger partial charge in [-0.1, -0.05) is 0 Å². The van der Waals surface area contributed by atoms with Crippen LogP contribution in [-0.4, -0.2) is 87.8 Å². The van der Waals surface area contributed by atoms with Crippen LogP contribution in [0.5, 0.6) is 0 Å². The van der Waals surface area contributed by atoms with E-state index in [1.807, 2.05) is 0 Å². The molecule has 0 aromatic rings. The van der Waals surface area contributed by atoms with E-state index in [2.05, 4.69) is 28.6 Å². The summed E-state index contributed by atoms with van der Waals surface area (Å²) >= 11 is 5.36. The van der Waals surface area contributed by atoms with Crippen LogP contribution in [0.25, 0.3) is 0 Å². The van der Waals surface area contributed by atoms with Gasteiger partial charge in [-0.05, 0) is 25.4 Å². The fourth-order valence-corrected chi connectivity index (χ4v) is 2.92. The molecule has 0 saturated heterocycles. The number of aliphatic carboxylic acids is 1. The van der Waals surface area contributed by atoms with E-state index >= 15 is 0 Å². The quantitative estimate of drug-likeness (QED) is 0.120. The van der Waals surface area contributed by atoms with Crippen LogP contribution >= 0.6 is 24.4 Å². The molecule has 0 fully saturated rings.